The predicted octanol–water partition coefficient (Wildman–Crippen LogP) is -0.328. The summed E-state index contributed by atoms with van der Waals surface area (Å²) in [5.41, 5.74) is 5.79. The number of carboxylic acids is 1. The maximum atomic E-state index is 12.0. The zero-order chi connectivity index (χ0) is 13.0. The Morgan fingerprint density at radius 1 is 1.53 bits per heavy atom. The molecule has 0 bridgehead atoms. The molecule has 3 N–H and O–H groups in total. The van der Waals surface area contributed by atoms with Gasteiger partial charge in [-0.15, -0.1) is 0 Å². The lowest BCUT2D eigenvalue weighted by molar-refractivity contribution is -0.159. The first-order valence-electron chi connectivity index (χ1n) is 5.80. The Morgan fingerprint density at radius 2 is 2.18 bits per heavy atom. The molecule has 0 aliphatic carbocycles. The molecular weight excluding hydrogens is 224 g/mol. The van der Waals surface area contributed by atoms with Crippen molar-refractivity contribution in [3.63, 3.8) is 0 Å². The van der Waals surface area contributed by atoms with E-state index in [9.17, 15) is 9.59 Å². The second kappa shape index (κ2) is 5.97. The van der Waals surface area contributed by atoms with E-state index in [0.717, 1.165) is 0 Å². The number of aliphatic carboxylic acids is 1. The maximum absolute atomic E-state index is 12.0. The van der Waals surface area contributed by atoms with Crippen LogP contribution in [-0.4, -0.2) is 53.7 Å². The molecule has 1 amide bonds. The summed E-state index contributed by atoms with van der Waals surface area (Å²) >= 11 is 0. The van der Waals surface area contributed by atoms with Crippen molar-refractivity contribution in [2.45, 2.75) is 32.4 Å². The molecule has 6 heteroatoms. The van der Waals surface area contributed by atoms with Crippen molar-refractivity contribution in [3.05, 3.63) is 0 Å². The fourth-order valence-corrected chi connectivity index (χ4v) is 1.84. The summed E-state index contributed by atoms with van der Waals surface area (Å²) in [7, 11) is 0. The van der Waals surface area contributed by atoms with E-state index in [1.165, 1.54) is 4.90 Å². The number of hydrogen-bond acceptors (Lipinski definition) is 4. The summed E-state index contributed by atoms with van der Waals surface area (Å²) in [6, 6.07) is -0.553. The summed E-state index contributed by atoms with van der Waals surface area (Å²) < 4.78 is 5.05. The fraction of sp³-hybridized carbons (Fsp3) is 0.818. The minimum Gasteiger partial charge on any atom is -0.479 e. The number of nitrogens with zero attached hydrogens (tertiary/aromatic N) is 1. The molecule has 1 aliphatic rings. The molecular formula is C11H20N2O4. The SMILES string of the molecule is CC(C)CC(N)C(=O)N1CCOC(C(=O)O)C1. The zero-order valence-corrected chi connectivity index (χ0v) is 10.3. The summed E-state index contributed by atoms with van der Waals surface area (Å²) in [6.45, 7) is 4.73. The number of amides is 1. The van der Waals surface area contributed by atoms with Crippen LogP contribution in [0.4, 0.5) is 0 Å². The van der Waals surface area contributed by atoms with Crippen molar-refractivity contribution >= 4 is 11.9 Å². The zero-order valence-electron chi connectivity index (χ0n) is 10.3. The quantitative estimate of drug-likeness (QED) is 0.706. The first-order valence-corrected chi connectivity index (χ1v) is 5.80. The van der Waals surface area contributed by atoms with Gasteiger partial charge in [-0.25, -0.2) is 4.79 Å². The molecule has 1 fully saturated rings. The van der Waals surface area contributed by atoms with Gasteiger partial charge in [-0.2, -0.15) is 0 Å². The lowest BCUT2D eigenvalue weighted by atomic mass is 10.0. The predicted molar refractivity (Wildman–Crippen MR) is 61.4 cm³/mol. The molecule has 1 saturated heterocycles. The molecule has 1 rings (SSSR count). The number of morpholine rings is 1. The van der Waals surface area contributed by atoms with Gasteiger partial charge in [-0.05, 0) is 12.3 Å². The Kier molecular flexibility index (Phi) is 4.89. The van der Waals surface area contributed by atoms with Gasteiger partial charge in [0.15, 0.2) is 6.10 Å². The van der Waals surface area contributed by atoms with Gasteiger partial charge in [0, 0.05) is 6.54 Å². The van der Waals surface area contributed by atoms with Crippen LogP contribution >= 0.6 is 0 Å². The largest absolute Gasteiger partial charge is 0.479 e. The molecule has 98 valence electrons. The highest BCUT2D eigenvalue weighted by atomic mass is 16.5. The topological polar surface area (TPSA) is 92.9 Å². The van der Waals surface area contributed by atoms with Crippen molar-refractivity contribution in [2.24, 2.45) is 11.7 Å². The third-order valence-electron chi connectivity index (χ3n) is 2.70. The van der Waals surface area contributed by atoms with Crippen LogP contribution in [0.25, 0.3) is 0 Å². The van der Waals surface area contributed by atoms with Crippen molar-refractivity contribution in [3.8, 4) is 0 Å². The van der Waals surface area contributed by atoms with Crippen molar-refractivity contribution in [1.82, 2.24) is 4.90 Å². The Labute approximate surface area is 101 Å². The number of nitrogens with two attached hydrogens (primary N) is 1. The van der Waals surface area contributed by atoms with Crippen LogP contribution in [-0.2, 0) is 14.3 Å². The number of ether oxygens (including phenoxy) is 1. The molecule has 0 spiro atoms. The van der Waals surface area contributed by atoms with Gasteiger partial charge in [0.25, 0.3) is 0 Å². The van der Waals surface area contributed by atoms with E-state index in [1.807, 2.05) is 13.8 Å². The molecule has 2 atom stereocenters. The van der Waals surface area contributed by atoms with Gasteiger partial charge < -0.3 is 20.5 Å². The first kappa shape index (κ1) is 13.9. The molecule has 2 unspecified atom stereocenters. The van der Waals surface area contributed by atoms with E-state index < -0.39 is 18.1 Å². The normalized spacial score (nSPS) is 22.6. The summed E-state index contributed by atoms with van der Waals surface area (Å²) in [4.78, 5) is 24.2. The smallest absolute Gasteiger partial charge is 0.334 e. The van der Waals surface area contributed by atoms with Gasteiger partial charge in [0.1, 0.15) is 0 Å². The number of carboxylic acid groups (broad SMARTS) is 1. The molecule has 17 heavy (non-hydrogen) atoms. The number of carbonyl (C=O) groups excluding carboxylic acids is 1. The Morgan fingerprint density at radius 3 is 2.71 bits per heavy atom. The monoisotopic (exact) mass is 244 g/mol. The van der Waals surface area contributed by atoms with Gasteiger partial charge in [-0.3, -0.25) is 4.79 Å². The fourth-order valence-electron chi connectivity index (χ4n) is 1.84. The minimum atomic E-state index is -1.04. The number of carbonyl (C=O) groups is 2. The van der Waals surface area contributed by atoms with Crippen LogP contribution in [0.15, 0.2) is 0 Å². The Bertz CT molecular complexity index is 293. The van der Waals surface area contributed by atoms with Gasteiger partial charge in [0.05, 0.1) is 19.2 Å². The molecule has 0 aromatic rings. The number of rotatable bonds is 4. The standard InChI is InChI=1S/C11H20N2O4/c1-7(2)5-8(12)10(14)13-3-4-17-9(6-13)11(15)16/h7-9H,3-6,12H2,1-2H3,(H,15,16). The Balaban J connectivity index is 2.54. The molecule has 1 aliphatic heterocycles. The summed E-state index contributed by atoms with van der Waals surface area (Å²) in [6.07, 6.45) is -0.326. The van der Waals surface area contributed by atoms with E-state index in [4.69, 9.17) is 15.6 Å². The van der Waals surface area contributed by atoms with E-state index in [-0.39, 0.29) is 19.1 Å². The molecule has 6 nitrogen and oxygen atoms in total. The minimum absolute atomic E-state index is 0.0833. The van der Waals surface area contributed by atoms with E-state index in [2.05, 4.69) is 0 Å². The lowest BCUT2D eigenvalue weighted by Crippen LogP contribution is -2.53. The lowest BCUT2D eigenvalue weighted by Gasteiger charge is -2.32. The van der Waals surface area contributed by atoms with Crippen molar-refractivity contribution in [1.29, 1.82) is 0 Å². The summed E-state index contributed by atoms with van der Waals surface area (Å²) in [5, 5.41) is 8.83. The molecule has 0 aromatic heterocycles. The number of hydrogen-bond donors (Lipinski definition) is 2. The van der Waals surface area contributed by atoms with Gasteiger partial charge in [0.2, 0.25) is 5.91 Å². The summed E-state index contributed by atoms with van der Waals surface area (Å²) in [5.74, 6) is -0.890. The highest BCUT2D eigenvalue weighted by molar-refractivity contribution is 5.83. The highest BCUT2D eigenvalue weighted by Crippen LogP contribution is 2.10. The second-order valence-corrected chi connectivity index (χ2v) is 4.72. The van der Waals surface area contributed by atoms with E-state index in [1.54, 1.807) is 0 Å². The van der Waals surface area contributed by atoms with E-state index >= 15 is 0 Å². The molecule has 1 heterocycles. The average Bonchev–Trinajstić information content (AvgIpc) is 2.27. The van der Waals surface area contributed by atoms with Crippen LogP contribution in [0, 0.1) is 5.92 Å². The van der Waals surface area contributed by atoms with Crippen LogP contribution in [0.2, 0.25) is 0 Å². The molecule has 0 aromatic carbocycles. The Hall–Kier alpha value is -1.14. The highest BCUT2D eigenvalue weighted by Gasteiger charge is 2.31. The van der Waals surface area contributed by atoms with Crippen molar-refractivity contribution in [2.75, 3.05) is 19.7 Å². The van der Waals surface area contributed by atoms with Crippen LogP contribution in [0.1, 0.15) is 20.3 Å². The van der Waals surface area contributed by atoms with E-state index in [0.29, 0.717) is 18.9 Å². The van der Waals surface area contributed by atoms with Crippen LogP contribution < -0.4 is 5.73 Å². The molecule has 0 radical (unpaired) electrons. The maximum Gasteiger partial charge on any atom is 0.334 e. The van der Waals surface area contributed by atoms with Crippen LogP contribution in [0.3, 0.4) is 0 Å². The van der Waals surface area contributed by atoms with Gasteiger partial charge in [-0.1, -0.05) is 13.8 Å². The van der Waals surface area contributed by atoms with Gasteiger partial charge >= 0.3 is 5.97 Å². The second-order valence-electron chi connectivity index (χ2n) is 4.72. The third kappa shape index (κ3) is 3.98. The first-order chi connectivity index (χ1) is 7.91. The van der Waals surface area contributed by atoms with Crippen LogP contribution in [0.5, 0.6) is 0 Å². The van der Waals surface area contributed by atoms with Crippen molar-refractivity contribution < 1.29 is 19.4 Å². The average molecular weight is 244 g/mol. The third-order valence-corrected chi connectivity index (χ3v) is 2.70. The molecule has 0 saturated carbocycles.